The van der Waals surface area contributed by atoms with E-state index in [4.69, 9.17) is 9.52 Å². The highest BCUT2D eigenvalue weighted by Gasteiger charge is 2.10. The third-order valence-corrected chi connectivity index (χ3v) is 2.70. The Morgan fingerprint density at radius 2 is 2.16 bits per heavy atom. The second-order valence-electron chi connectivity index (χ2n) is 4.25. The van der Waals surface area contributed by atoms with Gasteiger partial charge in [-0.25, -0.2) is 0 Å². The van der Waals surface area contributed by atoms with Crippen molar-refractivity contribution in [1.82, 2.24) is 10.2 Å². The summed E-state index contributed by atoms with van der Waals surface area (Å²) in [6, 6.07) is 5.10. The SMILES string of the molecule is Cc1ccc(-c2nnc(CCCC(=O)O)o2)cc1O. The number of nitrogens with zero attached hydrogens (tertiary/aromatic N) is 2. The normalized spacial score (nSPS) is 10.6. The molecule has 100 valence electrons. The van der Waals surface area contributed by atoms with Crippen LogP contribution in [0.3, 0.4) is 0 Å². The molecule has 0 fully saturated rings. The molecule has 2 N–H and O–H groups in total. The van der Waals surface area contributed by atoms with E-state index in [0.29, 0.717) is 30.2 Å². The summed E-state index contributed by atoms with van der Waals surface area (Å²) < 4.78 is 5.42. The minimum atomic E-state index is -0.844. The molecular formula is C13H14N2O4. The number of hydrogen-bond donors (Lipinski definition) is 2. The van der Waals surface area contributed by atoms with Crippen LogP contribution in [0.2, 0.25) is 0 Å². The van der Waals surface area contributed by atoms with Gasteiger partial charge in [0.15, 0.2) is 0 Å². The van der Waals surface area contributed by atoms with Crippen LogP contribution in [0.4, 0.5) is 0 Å². The van der Waals surface area contributed by atoms with Gasteiger partial charge in [-0.2, -0.15) is 0 Å². The number of carboxylic acids is 1. The van der Waals surface area contributed by atoms with E-state index in [1.165, 1.54) is 0 Å². The molecule has 0 spiro atoms. The first-order valence-corrected chi connectivity index (χ1v) is 5.90. The Labute approximate surface area is 109 Å². The lowest BCUT2D eigenvalue weighted by molar-refractivity contribution is -0.137. The summed E-state index contributed by atoms with van der Waals surface area (Å²) in [5, 5.41) is 25.9. The van der Waals surface area contributed by atoms with Crippen LogP contribution in [-0.2, 0) is 11.2 Å². The van der Waals surface area contributed by atoms with Gasteiger partial charge in [0.05, 0.1) is 0 Å². The van der Waals surface area contributed by atoms with Gasteiger partial charge in [-0.1, -0.05) is 6.07 Å². The van der Waals surface area contributed by atoms with Gasteiger partial charge in [0.1, 0.15) is 5.75 Å². The highest BCUT2D eigenvalue weighted by atomic mass is 16.4. The Morgan fingerprint density at radius 3 is 2.84 bits per heavy atom. The van der Waals surface area contributed by atoms with Crippen molar-refractivity contribution in [2.24, 2.45) is 0 Å². The lowest BCUT2D eigenvalue weighted by atomic mass is 10.1. The third-order valence-electron chi connectivity index (χ3n) is 2.70. The van der Waals surface area contributed by atoms with Crippen molar-refractivity contribution in [2.75, 3.05) is 0 Å². The maximum atomic E-state index is 10.4. The van der Waals surface area contributed by atoms with Crippen molar-refractivity contribution >= 4 is 5.97 Å². The molecule has 0 unspecified atom stereocenters. The highest BCUT2D eigenvalue weighted by molar-refractivity contribution is 5.66. The number of rotatable bonds is 5. The number of carboxylic acid groups (broad SMARTS) is 1. The van der Waals surface area contributed by atoms with Gasteiger partial charge >= 0.3 is 5.97 Å². The molecule has 0 aliphatic heterocycles. The van der Waals surface area contributed by atoms with Crippen LogP contribution in [0.25, 0.3) is 11.5 Å². The average Bonchev–Trinajstić information content (AvgIpc) is 2.81. The summed E-state index contributed by atoms with van der Waals surface area (Å²) in [6.07, 6.45) is 0.955. The quantitative estimate of drug-likeness (QED) is 0.857. The molecule has 6 heteroatoms. The fourth-order valence-electron chi connectivity index (χ4n) is 1.60. The summed E-state index contributed by atoms with van der Waals surface area (Å²) in [5.74, 6) is 0.0447. The molecule has 0 radical (unpaired) electrons. The van der Waals surface area contributed by atoms with Crippen molar-refractivity contribution in [3.63, 3.8) is 0 Å². The maximum Gasteiger partial charge on any atom is 0.303 e. The summed E-state index contributed by atoms with van der Waals surface area (Å²) in [4.78, 5) is 10.4. The number of aromatic hydroxyl groups is 1. The molecule has 0 saturated heterocycles. The largest absolute Gasteiger partial charge is 0.508 e. The first kappa shape index (κ1) is 13.1. The number of benzene rings is 1. The van der Waals surface area contributed by atoms with Gasteiger partial charge in [0.25, 0.3) is 0 Å². The smallest absolute Gasteiger partial charge is 0.303 e. The lowest BCUT2D eigenvalue weighted by Crippen LogP contribution is -1.95. The molecule has 1 aromatic carbocycles. The monoisotopic (exact) mass is 262 g/mol. The molecule has 2 aromatic rings. The predicted molar refractivity (Wildman–Crippen MR) is 66.7 cm³/mol. The molecule has 0 saturated carbocycles. The van der Waals surface area contributed by atoms with Crippen molar-refractivity contribution < 1.29 is 19.4 Å². The number of carbonyl (C=O) groups is 1. The number of aryl methyl sites for hydroxylation is 2. The van der Waals surface area contributed by atoms with Crippen LogP contribution in [0, 0.1) is 6.92 Å². The van der Waals surface area contributed by atoms with Crippen LogP contribution in [-0.4, -0.2) is 26.4 Å². The van der Waals surface area contributed by atoms with Crippen LogP contribution in [0.5, 0.6) is 5.75 Å². The molecule has 0 aliphatic rings. The average molecular weight is 262 g/mol. The first-order valence-electron chi connectivity index (χ1n) is 5.90. The van der Waals surface area contributed by atoms with Crippen molar-refractivity contribution in [3.8, 4) is 17.2 Å². The molecule has 19 heavy (non-hydrogen) atoms. The topological polar surface area (TPSA) is 96.5 Å². The van der Waals surface area contributed by atoms with E-state index in [1.54, 1.807) is 25.1 Å². The van der Waals surface area contributed by atoms with Gasteiger partial charge in [0.2, 0.25) is 11.8 Å². The Morgan fingerprint density at radius 1 is 1.37 bits per heavy atom. The van der Waals surface area contributed by atoms with Crippen LogP contribution < -0.4 is 0 Å². The predicted octanol–water partition coefficient (Wildman–Crippen LogP) is 2.16. The maximum absolute atomic E-state index is 10.4. The molecule has 0 bridgehead atoms. The zero-order chi connectivity index (χ0) is 13.8. The summed E-state index contributed by atoms with van der Waals surface area (Å²) in [6.45, 7) is 1.80. The number of hydrogen-bond acceptors (Lipinski definition) is 5. The third kappa shape index (κ3) is 3.31. The van der Waals surface area contributed by atoms with Crippen LogP contribution in [0.1, 0.15) is 24.3 Å². The molecule has 0 aliphatic carbocycles. The van der Waals surface area contributed by atoms with Crippen molar-refractivity contribution in [2.45, 2.75) is 26.2 Å². The Balaban J connectivity index is 2.07. The van der Waals surface area contributed by atoms with Gasteiger partial charge < -0.3 is 14.6 Å². The second kappa shape index (κ2) is 5.51. The molecule has 6 nitrogen and oxygen atoms in total. The Bertz CT molecular complexity index is 592. The standard InChI is InChI=1S/C13H14N2O4/c1-8-5-6-9(7-10(8)16)13-15-14-11(19-13)3-2-4-12(17)18/h5-7,16H,2-4H2,1H3,(H,17,18). The van der Waals surface area contributed by atoms with Crippen molar-refractivity contribution in [3.05, 3.63) is 29.7 Å². The van der Waals surface area contributed by atoms with Crippen molar-refractivity contribution in [1.29, 1.82) is 0 Å². The van der Waals surface area contributed by atoms with E-state index < -0.39 is 5.97 Å². The zero-order valence-corrected chi connectivity index (χ0v) is 10.5. The number of aliphatic carboxylic acids is 1. The van der Waals surface area contributed by atoms with E-state index in [0.717, 1.165) is 5.56 Å². The van der Waals surface area contributed by atoms with Crippen LogP contribution >= 0.6 is 0 Å². The zero-order valence-electron chi connectivity index (χ0n) is 10.5. The van der Waals surface area contributed by atoms with Gasteiger partial charge in [0, 0.05) is 18.4 Å². The van der Waals surface area contributed by atoms with Crippen LogP contribution in [0.15, 0.2) is 22.6 Å². The fraction of sp³-hybridized carbons (Fsp3) is 0.308. The summed E-state index contributed by atoms with van der Waals surface area (Å²) >= 11 is 0. The van der Waals surface area contributed by atoms with E-state index in [1.807, 2.05) is 0 Å². The molecule has 0 atom stereocenters. The van der Waals surface area contributed by atoms with E-state index >= 15 is 0 Å². The molecular weight excluding hydrogens is 248 g/mol. The molecule has 2 rings (SSSR count). The van der Waals surface area contributed by atoms with E-state index in [9.17, 15) is 9.90 Å². The molecule has 1 aromatic heterocycles. The van der Waals surface area contributed by atoms with E-state index in [2.05, 4.69) is 10.2 Å². The Hall–Kier alpha value is -2.37. The van der Waals surface area contributed by atoms with Gasteiger partial charge in [-0.05, 0) is 31.0 Å². The highest BCUT2D eigenvalue weighted by Crippen LogP contribution is 2.25. The Kier molecular flexibility index (Phi) is 3.79. The minimum absolute atomic E-state index is 0.0725. The number of aromatic nitrogens is 2. The molecule has 0 amide bonds. The summed E-state index contributed by atoms with van der Waals surface area (Å²) in [7, 11) is 0. The second-order valence-corrected chi connectivity index (χ2v) is 4.25. The minimum Gasteiger partial charge on any atom is -0.508 e. The summed E-state index contributed by atoms with van der Waals surface area (Å²) in [5.41, 5.74) is 1.41. The van der Waals surface area contributed by atoms with E-state index in [-0.39, 0.29) is 12.2 Å². The number of phenolic OH excluding ortho intramolecular Hbond substituents is 1. The van der Waals surface area contributed by atoms with Gasteiger partial charge in [-0.15, -0.1) is 10.2 Å². The number of phenols is 1. The molecule has 1 heterocycles. The fourth-order valence-corrected chi connectivity index (χ4v) is 1.60. The first-order chi connectivity index (χ1) is 9.06. The van der Waals surface area contributed by atoms with Gasteiger partial charge in [-0.3, -0.25) is 4.79 Å². The lowest BCUT2D eigenvalue weighted by Gasteiger charge is -1.99.